The van der Waals surface area contributed by atoms with Crippen LogP contribution in [0.3, 0.4) is 0 Å². The van der Waals surface area contributed by atoms with Crippen molar-refractivity contribution in [1.29, 1.82) is 0 Å². The summed E-state index contributed by atoms with van der Waals surface area (Å²) < 4.78 is 26.5. The lowest BCUT2D eigenvalue weighted by Crippen LogP contribution is -2.22. The van der Waals surface area contributed by atoms with Gasteiger partial charge in [-0.25, -0.2) is 8.78 Å². The molecule has 0 unspecified atom stereocenters. The van der Waals surface area contributed by atoms with Crippen molar-refractivity contribution in [2.24, 2.45) is 5.73 Å². The Labute approximate surface area is 75.5 Å². The standard InChI is InChI=1S/C8H13F2N3/c1-8(9,10)6-13-7(2-4-11)3-5-12-13/h3,5H,2,4,6,11H2,1H3. The Hall–Kier alpha value is -0.970. The van der Waals surface area contributed by atoms with E-state index in [1.165, 1.54) is 10.9 Å². The monoisotopic (exact) mass is 189 g/mol. The fourth-order valence-electron chi connectivity index (χ4n) is 1.13. The number of halogens is 2. The van der Waals surface area contributed by atoms with E-state index < -0.39 is 5.92 Å². The van der Waals surface area contributed by atoms with E-state index in [0.29, 0.717) is 13.0 Å². The molecule has 0 radical (unpaired) electrons. The van der Waals surface area contributed by atoms with Crippen molar-refractivity contribution in [1.82, 2.24) is 9.78 Å². The molecule has 1 heterocycles. The maximum atomic E-state index is 12.6. The van der Waals surface area contributed by atoms with E-state index >= 15 is 0 Å². The minimum absolute atomic E-state index is 0.380. The number of rotatable bonds is 4. The Morgan fingerprint density at radius 1 is 1.62 bits per heavy atom. The minimum Gasteiger partial charge on any atom is -0.330 e. The summed E-state index contributed by atoms with van der Waals surface area (Å²) in [4.78, 5) is 0. The molecule has 3 nitrogen and oxygen atoms in total. The van der Waals surface area contributed by atoms with Crippen molar-refractivity contribution >= 4 is 0 Å². The molecule has 1 aromatic rings. The summed E-state index contributed by atoms with van der Waals surface area (Å²) in [5.74, 6) is -2.73. The number of nitrogens with two attached hydrogens (primary N) is 1. The first-order chi connectivity index (χ1) is 6.03. The van der Waals surface area contributed by atoms with Gasteiger partial charge in [0.05, 0.1) is 0 Å². The van der Waals surface area contributed by atoms with E-state index in [1.807, 2.05) is 0 Å². The van der Waals surface area contributed by atoms with Crippen molar-refractivity contribution in [3.63, 3.8) is 0 Å². The molecule has 13 heavy (non-hydrogen) atoms. The quantitative estimate of drug-likeness (QED) is 0.769. The molecule has 0 atom stereocenters. The summed E-state index contributed by atoms with van der Waals surface area (Å²) in [5.41, 5.74) is 6.08. The van der Waals surface area contributed by atoms with Gasteiger partial charge in [0, 0.05) is 25.2 Å². The molecule has 0 aliphatic rings. The highest BCUT2D eigenvalue weighted by Gasteiger charge is 2.23. The van der Waals surface area contributed by atoms with Gasteiger partial charge in [-0.2, -0.15) is 5.10 Å². The van der Waals surface area contributed by atoms with Gasteiger partial charge in [-0.3, -0.25) is 4.68 Å². The second-order valence-electron chi connectivity index (χ2n) is 3.09. The van der Waals surface area contributed by atoms with Crippen molar-refractivity contribution < 1.29 is 8.78 Å². The predicted molar refractivity (Wildman–Crippen MR) is 45.6 cm³/mol. The fraction of sp³-hybridized carbons (Fsp3) is 0.625. The molecule has 1 rings (SSSR count). The van der Waals surface area contributed by atoms with Gasteiger partial charge in [0.15, 0.2) is 0 Å². The predicted octanol–water partition coefficient (Wildman–Crippen LogP) is 1.04. The molecule has 5 heteroatoms. The first-order valence-electron chi connectivity index (χ1n) is 4.11. The zero-order chi connectivity index (χ0) is 9.90. The Kier molecular flexibility index (Phi) is 2.98. The highest BCUT2D eigenvalue weighted by molar-refractivity contribution is 5.01. The van der Waals surface area contributed by atoms with Crippen molar-refractivity contribution in [2.45, 2.75) is 25.8 Å². The Morgan fingerprint density at radius 2 is 2.31 bits per heavy atom. The highest BCUT2D eigenvalue weighted by Crippen LogP contribution is 2.15. The van der Waals surface area contributed by atoms with Crippen LogP contribution >= 0.6 is 0 Å². The third-order valence-corrected chi connectivity index (χ3v) is 1.63. The van der Waals surface area contributed by atoms with Gasteiger partial charge in [0.25, 0.3) is 5.92 Å². The lowest BCUT2D eigenvalue weighted by Gasteiger charge is -2.12. The molecular formula is C8H13F2N3. The number of hydrogen-bond donors (Lipinski definition) is 1. The molecule has 0 fully saturated rings. The van der Waals surface area contributed by atoms with Gasteiger partial charge in [0.1, 0.15) is 6.54 Å². The van der Waals surface area contributed by atoms with Crippen molar-refractivity contribution in [2.75, 3.05) is 6.54 Å². The normalized spacial score (nSPS) is 12.0. The molecule has 74 valence electrons. The third kappa shape index (κ3) is 3.10. The first kappa shape index (κ1) is 10.1. The Bertz CT molecular complexity index is 265. The molecule has 0 aliphatic carbocycles. The average molecular weight is 189 g/mol. The molecule has 0 bridgehead atoms. The summed E-state index contributed by atoms with van der Waals surface area (Å²) in [6.07, 6.45) is 2.09. The Morgan fingerprint density at radius 3 is 2.85 bits per heavy atom. The van der Waals surface area contributed by atoms with Crippen LogP contribution in [0.5, 0.6) is 0 Å². The second-order valence-corrected chi connectivity index (χ2v) is 3.09. The summed E-state index contributed by atoms with van der Waals surface area (Å²) >= 11 is 0. The largest absolute Gasteiger partial charge is 0.330 e. The van der Waals surface area contributed by atoms with Crippen LogP contribution in [0.4, 0.5) is 8.78 Å². The number of aromatic nitrogens is 2. The van der Waals surface area contributed by atoms with Crippen LogP contribution in [0.25, 0.3) is 0 Å². The van der Waals surface area contributed by atoms with Crippen LogP contribution in [0.1, 0.15) is 12.6 Å². The van der Waals surface area contributed by atoms with E-state index in [9.17, 15) is 8.78 Å². The van der Waals surface area contributed by atoms with Crippen molar-refractivity contribution in [3.05, 3.63) is 18.0 Å². The molecular weight excluding hydrogens is 176 g/mol. The lowest BCUT2D eigenvalue weighted by molar-refractivity contribution is -0.000187. The topological polar surface area (TPSA) is 43.8 Å². The summed E-state index contributed by atoms with van der Waals surface area (Å²) in [6.45, 7) is 0.942. The zero-order valence-corrected chi connectivity index (χ0v) is 7.50. The van der Waals surface area contributed by atoms with Crippen LogP contribution in [0.15, 0.2) is 12.3 Å². The molecule has 0 spiro atoms. The molecule has 1 aromatic heterocycles. The lowest BCUT2D eigenvalue weighted by atomic mass is 10.3. The van der Waals surface area contributed by atoms with Gasteiger partial charge >= 0.3 is 0 Å². The first-order valence-corrected chi connectivity index (χ1v) is 4.11. The maximum Gasteiger partial charge on any atom is 0.264 e. The number of nitrogens with zero attached hydrogens (tertiary/aromatic N) is 2. The Balaban J connectivity index is 2.70. The third-order valence-electron chi connectivity index (χ3n) is 1.63. The van der Waals surface area contributed by atoms with Gasteiger partial charge in [-0.1, -0.05) is 0 Å². The summed E-state index contributed by atoms with van der Waals surface area (Å²) in [6, 6.07) is 1.71. The van der Waals surface area contributed by atoms with E-state index in [2.05, 4.69) is 5.10 Å². The fourth-order valence-corrected chi connectivity index (χ4v) is 1.13. The molecule has 0 saturated carbocycles. The summed E-state index contributed by atoms with van der Waals surface area (Å²) in [5, 5.41) is 3.80. The molecule has 2 N–H and O–H groups in total. The zero-order valence-electron chi connectivity index (χ0n) is 7.50. The van der Waals surface area contributed by atoms with E-state index in [1.54, 1.807) is 6.07 Å². The highest BCUT2D eigenvalue weighted by atomic mass is 19.3. The molecule has 0 amide bonds. The van der Waals surface area contributed by atoms with Crippen molar-refractivity contribution in [3.8, 4) is 0 Å². The number of alkyl halides is 2. The summed E-state index contributed by atoms with van der Waals surface area (Å²) in [7, 11) is 0. The number of hydrogen-bond acceptors (Lipinski definition) is 2. The van der Waals surface area contributed by atoms with Gasteiger partial charge in [-0.15, -0.1) is 0 Å². The smallest absolute Gasteiger partial charge is 0.264 e. The van der Waals surface area contributed by atoms with Gasteiger partial charge in [0.2, 0.25) is 0 Å². The van der Waals surface area contributed by atoms with Crippen LogP contribution in [0, 0.1) is 0 Å². The van der Waals surface area contributed by atoms with E-state index in [4.69, 9.17) is 5.73 Å². The van der Waals surface area contributed by atoms with Crippen LogP contribution in [-0.4, -0.2) is 22.2 Å². The van der Waals surface area contributed by atoms with Crippen LogP contribution in [0.2, 0.25) is 0 Å². The SMILES string of the molecule is CC(F)(F)Cn1nccc1CCN. The van der Waals surface area contributed by atoms with Gasteiger partial charge < -0.3 is 5.73 Å². The van der Waals surface area contributed by atoms with E-state index in [0.717, 1.165) is 12.6 Å². The minimum atomic E-state index is -2.73. The van der Waals surface area contributed by atoms with Crippen LogP contribution in [-0.2, 0) is 13.0 Å². The average Bonchev–Trinajstić information content (AvgIpc) is 2.34. The maximum absolute atomic E-state index is 12.6. The van der Waals surface area contributed by atoms with E-state index in [-0.39, 0.29) is 6.54 Å². The second kappa shape index (κ2) is 3.83. The van der Waals surface area contributed by atoms with Gasteiger partial charge in [-0.05, 0) is 12.6 Å². The van der Waals surface area contributed by atoms with Crippen LogP contribution < -0.4 is 5.73 Å². The molecule has 0 aliphatic heterocycles. The molecule has 0 saturated heterocycles. The molecule has 0 aromatic carbocycles.